The van der Waals surface area contributed by atoms with E-state index in [1.807, 2.05) is 0 Å². The number of aryl methyl sites for hydroxylation is 2. The number of nitrogens with one attached hydrogen (secondary N) is 2. The van der Waals surface area contributed by atoms with Crippen LogP contribution < -0.4 is 10.9 Å². The lowest BCUT2D eigenvalue weighted by atomic mass is 10.1. The average molecular weight is 268 g/mol. The Morgan fingerprint density at radius 2 is 2.16 bits per heavy atom. The fourth-order valence-electron chi connectivity index (χ4n) is 1.77. The standard InChI is InChI=1S/C13H20N2O4/c1-9-8-10(2)15-13(18)11(9)12(17)14-4-3-6-19-7-5-16/h8,16H,3-7H2,1-2H3,(H,14,17)(H,15,18). The lowest BCUT2D eigenvalue weighted by molar-refractivity contribution is 0.0867. The number of H-pyrrole nitrogens is 1. The molecule has 0 radical (unpaired) electrons. The second-order valence-electron chi connectivity index (χ2n) is 4.28. The number of carbonyl (C=O) groups excluding carboxylic acids is 1. The van der Waals surface area contributed by atoms with E-state index in [-0.39, 0.29) is 23.6 Å². The number of hydrogen-bond donors (Lipinski definition) is 3. The number of aromatic nitrogens is 1. The molecule has 0 aromatic carbocycles. The van der Waals surface area contributed by atoms with Gasteiger partial charge in [-0.05, 0) is 31.9 Å². The van der Waals surface area contributed by atoms with Crippen molar-refractivity contribution in [2.45, 2.75) is 20.3 Å². The highest BCUT2D eigenvalue weighted by Crippen LogP contribution is 2.03. The summed E-state index contributed by atoms with van der Waals surface area (Å²) in [5.74, 6) is -0.374. The summed E-state index contributed by atoms with van der Waals surface area (Å²) >= 11 is 0. The molecule has 0 saturated carbocycles. The number of carbonyl (C=O) groups is 1. The van der Waals surface area contributed by atoms with E-state index in [4.69, 9.17) is 9.84 Å². The van der Waals surface area contributed by atoms with E-state index < -0.39 is 0 Å². The summed E-state index contributed by atoms with van der Waals surface area (Å²) in [4.78, 5) is 26.2. The zero-order valence-electron chi connectivity index (χ0n) is 11.3. The van der Waals surface area contributed by atoms with Gasteiger partial charge in [-0.1, -0.05) is 0 Å². The number of amides is 1. The highest BCUT2D eigenvalue weighted by atomic mass is 16.5. The maximum atomic E-state index is 11.9. The molecule has 0 atom stereocenters. The normalized spacial score (nSPS) is 10.5. The lowest BCUT2D eigenvalue weighted by Crippen LogP contribution is -2.32. The largest absolute Gasteiger partial charge is 0.394 e. The molecule has 0 aliphatic heterocycles. The van der Waals surface area contributed by atoms with Crippen LogP contribution in [0.1, 0.15) is 28.0 Å². The second-order valence-corrected chi connectivity index (χ2v) is 4.28. The summed E-state index contributed by atoms with van der Waals surface area (Å²) in [6.45, 7) is 4.69. The highest BCUT2D eigenvalue weighted by molar-refractivity contribution is 5.95. The molecule has 0 aliphatic carbocycles. The number of ether oxygens (including phenoxy) is 1. The SMILES string of the molecule is Cc1cc(C)c(C(=O)NCCCOCCO)c(=O)[nH]1. The Labute approximate surface area is 111 Å². The Hall–Kier alpha value is -1.66. The van der Waals surface area contributed by atoms with E-state index in [1.54, 1.807) is 19.9 Å². The number of rotatable bonds is 7. The van der Waals surface area contributed by atoms with E-state index in [0.717, 1.165) is 5.69 Å². The van der Waals surface area contributed by atoms with Gasteiger partial charge in [-0.25, -0.2) is 0 Å². The zero-order chi connectivity index (χ0) is 14.3. The van der Waals surface area contributed by atoms with E-state index >= 15 is 0 Å². The molecule has 6 nitrogen and oxygen atoms in total. The van der Waals surface area contributed by atoms with Crippen molar-refractivity contribution >= 4 is 5.91 Å². The molecular weight excluding hydrogens is 248 g/mol. The smallest absolute Gasteiger partial charge is 0.261 e. The van der Waals surface area contributed by atoms with Gasteiger partial charge in [-0.2, -0.15) is 0 Å². The van der Waals surface area contributed by atoms with Gasteiger partial charge in [-0.15, -0.1) is 0 Å². The van der Waals surface area contributed by atoms with Crippen molar-refractivity contribution in [1.82, 2.24) is 10.3 Å². The highest BCUT2D eigenvalue weighted by Gasteiger charge is 2.13. The van der Waals surface area contributed by atoms with Gasteiger partial charge < -0.3 is 20.1 Å². The summed E-state index contributed by atoms with van der Waals surface area (Å²) in [6.07, 6.45) is 0.633. The molecular formula is C13H20N2O4. The van der Waals surface area contributed by atoms with Crippen LogP contribution in [-0.2, 0) is 4.74 Å². The number of aliphatic hydroxyl groups is 1. The Bertz CT molecular complexity index is 482. The van der Waals surface area contributed by atoms with Crippen LogP contribution in [0.4, 0.5) is 0 Å². The molecule has 1 aromatic rings. The summed E-state index contributed by atoms with van der Waals surface area (Å²) in [7, 11) is 0. The minimum Gasteiger partial charge on any atom is -0.394 e. The van der Waals surface area contributed by atoms with Crippen LogP contribution in [0.5, 0.6) is 0 Å². The van der Waals surface area contributed by atoms with Gasteiger partial charge in [0.2, 0.25) is 0 Å². The van der Waals surface area contributed by atoms with E-state index in [1.165, 1.54) is 0 Å². The number of pyridine rings is 1. The molecule has 1 aromatic heterocycles. The Morgan fingerprint density at radius 1 is 1.42 bits per heavy atom. The van der Waals surface area contributed by atoms with Gasteiger partial charge in [0, 0.05) is 18.8 Å². The molecule has 1 heterocycles. The first kappa shape index (κ1) is 15.4. The molecule has 106 valence electrons. The summed E-state index contributed by atoms with van der Waals surface area (Å²) in [5.41, 5.74) is 1.18. The van der Waals surface area contributed by atoms with Gasteiger partial charge in [0.05, 0.1) is 13.2 Å². The molecule has 19 heavy (non-hydrogen) atoms. The molecule has 0 bridgehead atoms. The summed E-state index contributed by atoms with van der Waals surface area (Å²) in [5, 5.41) is 11.2. The summed E-state index contributed by atoms with van der Waals surface area (Å²) in [6, 6.07) is 1.76. The van der Waals surface area contributed by atoms with Gasteiger partial charge >= 0.3 is 0 Å². The zero-order valence-corrected chi connectivity index (χ0v) is 11.3. The number of aromatic amines is 1. The van der Waals surface area contributed by atoms with Crippen molar-refractivity contribution in [1.29, 1.82) is 0 Å². The maximum absolute atomic E-state index is 11.9. The van der Waals surface area contributed by atoms with Crippen molar-refractivity contribution in [3.05, 3.63) is 33.2 Å². The molecule has 0 unspecified atom stereocenters. The minimum absolute atomic E-state index is 0.00963. The minimum atomic E-state index is -0.374. The second kappa shape index (κ2) is 7.70. The van der Waals surface area contributed by atoms with Crippen LogP contribution in [0.15, 0.2) is 10.9 Å². The number of hydrogen-bond acceptors (Lipinski definition) is 4. The first-order valence-electron chi connectivity index (χ1n) is 6.23. The van der Waals surface area contributed by atoms with Gasteiger partial charge in [0.25, 0.3) is 11.5 Å². The predicted octanol–water partition coefficient (Wildman–Crippen LogP) is 0.121. The average Bonchev–Trinajstić information content (AvgIpc) is 2.32. The number of aliphatic hydroxyl groups excluding tert-OH is 1. The van der Waals surface area contributed by atoms with Crippen molar-refractivity contribution in [3.8, 4) is 0 Å². The molecule has 3 N–H and O–H groups in total. The first-order valence-corrected chi connectivity index (χ1v) is 6.23. The molecule has 6 heteroatoms. The Morgan fingerprint density at radius 3 is 2.79 bits per heavy atom. The van der Waals surface area contributed by atoms with E-state index in [9.17, 15) is 9.59 Å². The molecule has 1 rings (SSSR count). The molecule has 0 spiro atoms. The van der Waals surface area contributed by atoms with Gasteiger partial charge in [-0.3, -0.25) is 9.59 Å². The molecule has 0 fully saturated rings. The third-order valence-electron chi connectivity index (χ3n) is 2.58. The third kappa shape index (κ3) is 4.84. The monoisotopic (exact) mass is 268 g/mol. The van der Waals surface area contributed by atoms with Crippen LogP contribution in [0.3, 0.4) is 0 Å². The van der Waals surface area contributed by atoms with E-state index in [0.29, 0.717) is 31.7 Å². The quantitative estimate of drug-likeness (QED) is 0.613. The van der Waals surface area contributed by atoms with Gasteiger partial charge in [0.15, 0.2) is 0 Å². The van der Waals surface area contributed by atoms with Gasteiger partial charge in [0.1, 0.15) is 5.56 Å². The van der Waals surface area contributed by atoms with Crippen LogP contribution in [-0.4, -0.2) is 42.4 Å². The van der Waals surface area contributed by atoms with Crippen molar-refractivity contribution in [2.24, 2.45) is 0 Å². The van der Waals surface area contributed by atoms with Crippen LogP contribution in [0.2, 0.25) is 0 Å². The first-order chi connectivity index (χ1) is 9.06. The van der Waals surface area contributed by atoms with Crippen LogP contribution >= 0.6 is 0 Å². The maximum Gasteiger partial charge on any atom is 0.261 e. The molecule has 0 aliphatic rings. The molecule has 0 saturated heterocycles. The topological polar surface area (TPSA) is 91.4 Å². The van der Waals surface area contributed by atoms with Crippen molar-refractivity contribution in [2.75, 3.05) is 26.4 Å². The fraction of sp³-hybridized carbons (Fsp3) is 0.538. The van der Waals surface area contributed by atoms with Crippen LogP contribution in [0.25, 0.3) is 0 Å². The van der Waals surface area contributed by atoms with Crippen LogP contribution in [0, 0.1) is 13.8 Å². The fourth-order valence-corrected chi connectivity index (χ4v) is 1.77. The molecule has 1 amide bonds. The van der Waals surface area contributed by atoms with E-state index in [2.05, 4.69) is 10.3 Å². The van der Waals surface area contributed by atoms with Crippen molar-refractivity contribution < 1.29 is 14.6 Å². The predicted molar refractivity (Wildman–Crippen MR) is 71.4 cm³/mol. The lowest BCUT2D eigenvalue weighted by Gasteiger charge is -2.07. The summed E-state index contributed by atoms with van der Waals surface area (Å²) < 4.78 is 5.06. The Balaban J connectivity index is 2.48. The Kier molecular flexibility index (Phi) is 6.24. The third-order valence-corrected chi connectivity index (χ3v) is 2.58. The van der Waals surface area contributed by atoms with Crippen molar-refractivity contribution in [3.63, 3.8) is 0 Å².